The second-order valence-corrected chi connectivity index (χ2v) is 5.80. The van der Waals surface area contributed by atoms with Crippen molar-refractivity contribution in [2.45, 2.75) is 4.90 Å². The van der Waals surface area contributed by atoms with E-state index in [1.165, 1.54) is 30.9 Å². The second-order valence-electron chi connectivity index (χ2n) is 2.89. The lowest BCUT2D eigenvalue weighted by molar-refractivity contribution is 0.108. The van der Waals surface area contributed by atoms with Crippen LogP contribution in [0.25, 0.3) is 0 Å². The van der Waals surface area contributed by atoms with Gasteiger partial charge in [-0.1, -0.05) is 12.1 Å². The topological polar surface area (TPSA) is 92.8 Å². The van der Waals surface area contributed by atoms with Crippen LogP contribution < -0.4 is 0 Å². The van der Waals surface area contributed by atoms with E-state index in [1.54, 1.807) is 0 Å². The van der Waals surface area contributed by atoms with E-state index >= 15 is 0 Å². The molecule has 1 heterocycles. The Labute approximate surface area is 112 Å². The molecule has 1 aromatic heterocycles. The van der Waals surface area contributed by atoms with Crippen molar-refractivity contribution in [3.63, 3.8) is 0 Å². The summed E-state index contributed by atoms with van der Waals surface area (Å²) in [6.07, 6.45) is 2.96. The van der Waals surface area contributed by atoms with Crippen LogP contribution in [0.5, 0.6) is 0 Å². The lowest BCUT2D eigenvalue weighted by Crippen LogP contribution is -1.94. The summed E-state index contributed by atoms with van der Waals surface area (Å²) in [5.41, 5.74) is 0.100. The molecule has 6 nitrogen and oxygen atoms in total. The minimum atomic E-state index is -3.80. The summed E-state index contributed by atoms with van der Waals surface area (Å²) < 4.78 is 21.6. The highest BCUT2D eigenvalue weighted by Gasteiger charge is 2.11. The highest BCUT2D eigenvalue weighted by Crippen LogP contribution is 2.16. The minimum Gasteiger partial charge on any atom is -0.276 e. The normalized spacial score (nSPS) is 10.3. The summed E-state index contributed by atoms with van der Waals surface area (Å²) in [6.45, 7) is 0. The highest BCUT2D eigenvalue weighted by atomic mass is 35.7. The SMILES string of the molecule is O=C(Cl)c1cccc(S(=O)(=O)Cl)c1.c1nc[nH]n1. The van der Waals surface area contributed by atoms with Crippen LogP contribution in [0.1, 0.15) is 10.4 Å². The van der Waals surface area contributed by atoms with E-state index in [1.807, 2.05) is 0 Å². The molecule has 2 aromatic rings. The zero-order valence-corrected chi connectivity index (χ0v) is 11.1. The van der Waals surface area contributed by atoms with Gasteiger partial charge in [0.25, 0.3) is 14.3 Å². The predicted molar refractivity (Wildman–Crippen MR) is 66.0 cm³/mol. The smallest absolute Gasteiger partial charge is 0.261 e. The van der Waals surface area contributed by atoms with Crippen molar-refractivity contribution < 1.29 is 13.2 Å². The van der Waals surface area contributed by atoms with E-state index in [0.717, 1.165) is 6.07 Å². The fraction of sp³-hybridized carbons (Fsp3) is 0. The number of hydrogen-bond acceptors (Lipinski definition) is 5. The summed E-state index contributed by atoms with van der Waals surface area (Å²) in [7, 11) is 1.26. The first kappa shape index (κ1) is 14.6. The number of carbonyl (C=O) groups is 1. The Bertz CT molecular complexity index is 597. The largest absolute Gasteiger partial charge is 0.276 e. The van der Waals surface area contributed by atoms with Crippen LogP contribution in [0, 0.1) is 0 Å². The van der Waals surface area contributed by atoms with Gasteiger partial charge >= 0.3 is 0 Å². The second kappa shape index (κ2) is 6.48. The molecule has 0 spiro atoms. The number of rotatable bonds is 2. The summed E-state index contributed by atoms with van der Waals surface area (Å²) in [6, 6.07) is 5.20. The number of carbonyl (C=O) groups excluding carboxylic acids is 1. The van der Waals surface area contributed by atoms with Crippen molar-refractivity contribution in [3.05, 3.63) is 42.5 Å². The number of nitrogens with zero attached hydrogens (tertiary/aromatic N) is 2. The molecule has 0 fully saturated rings. The van der Waals surface area contributed by atoms with Crippen LogP contribution in [0.3, 0.4) is 0 Å². The lowest BCUT2D eigenvalue weighted by atomic mass is 10.2. The van der Waals surface area contributed by atoms with E-state index < -0.39 is 14.3 Å². The summed E-state index contributed by atoms with van der Waals surface area (Å²) in [5.74, 6) is 0. The quantitative estimate of drug-likeness (QED) is 0.854. The first-order chi connectivity index (χ1) is 8.41. The number of H-pyrrole nitrogens is 1. The number of halogens is 2. The van der Waals surface area contributed by atoms with Gasteiger partial charge in [0.15, 0.2) is 0 Å². The average Bonchev–Trinajstić information content (AvgIpc) is 2.86. The molecular weight excluding hydrogens is 301 g/mol. The Kier molecular flexibility index (Phi) is 5.26. The molecule has 0 radical (unpaired) electrons. The Morgan fingerprint density at radius 2 is 2.06 bits per heavy atom. The third-order valence-corrected chi connectivity index (χ3v) is 3.24. The van der Waals surface area contributed by atoms with Crippen LogP contribution in [-0.4, -0.2) is 28.8 Å². The molecule has 0 atom stereocenters. The van der Waals surface area contributed by atoms with E-state index in [2.05, 4.69) is 15.2 Å². The Morgan fingerprint density at radius 1 is 1.33 bits per heavy atom. The Morgan fingerprint density at radius 3 is 2.44 bits per heavy atom. The van der Waals surface area contributed by atoms with Crippen molar-refractivity contribution in [1.82, 2.24) is 15.2 Å². The molecule has 18 heavy (non-hydrogen) atoms. The van der Waals surface area contributed by atoms with Gasteiger partial charge in [-0.25, -0.2) is 13.4 Å². The molecule has 2 rings (SSSR count). The number of aromatic nitrogens is 3. The van der Waals surface area contributed by atoms with Crippen LogP contribution in [-0.2, 0) is 9.05 Å². The van der Waals surface area contributed by atoms with Crippen molar-refractivity contribution in [3.8, 4) is 0 Å². The monoisotopic (exact) mass is 307 g/mol. The van der Waals surface area contributed by atoms with Gasteiger partial charge in [0.1, 0.15) is 12.7 Å². The molecule has 0 aliphatic rings. The third kappa shape index (κ3) is 4.82. The molecule has 0 saturated carbocycles. The molecular formula is C9H7Cl2N3O3S. The number of aromatic amines is 1. The van der Waals surface area contributed by atoms with Gasteiger partial charge in [0.05, 0.1) is 4.90 Å². The Hall–Kier alpha value is -1.44. The molecule has 0 amide bonds. The van der Waals surface area contributed by atoms with E-state index in [4.69, 9.17) is 22.3 Å². The fourth-order valence-electron chi connectivity index (χ4n) is 0.937. The van der Waals surface area contributed by atoms with Crippen molar-refractivity contribution in [2.75, 3.05) is 0 Å². The fourth-order valence-corrected chi connectivity index (χ4v) is 1.85. The summed E-state index contributed by atoms with van der Waals surface area (Å²) in [4.78, 5) is 14.1. The number of benzene rings is 1. The first-order valence-electron chi connectivity index (χ1n) is 4.44. The number of hydrogen-bond donors (Lipinski definition) is 1. The van der Waals surface area contributed by atoms with Gasteiger partial charge < -0.3 is 0 Å². The molecule has 9 heteroatoms. The molecule has 0 bridgehead atoms. The maximum absolute atomic E-state index is 10.8. The van der Waals surface area contributed by atoms with Gasteiger partial charge in [0, 0.05) is 16.2 Å². The molecule has 0 saturated heterocycles. The summed E-state index contributed by atoms with van der Waals surface area (Å²) >= 11 is 5.15. The highest BCUT2D eigenvalue weighted by molar-refractivity contribution is 8.13. The van der Waals surface area contributed by atoms with Gasteiger partial charge in [-0.2, -0.15) is 5.10 Å². The van der Waals surface area contributed by atoms with E-state index in [9.17, 15) is 13.2 Å². The zero-order valence-electron chi connectivity index (χ0n) is 8.75. The number of nitrogens with one attached hydrogen (secondary N) is 1. The van der Waals surface area contributed by atoms with Gasteiger partial charge in [-0.05, 0) is 23.7 Å². The maximum Gasteiger partial charge on any atom is 0.261 e. The molecule has 0 aliphatic carbocycles. The molecule has 96 valence electrons. The molecule has 1 aromatic carbocycles. The van der Waals surface area contributed by atoms with E-state index in [0.29, 0.717) is 0 Å². The van der Waals surface area contributed by atoms with Crippen LogP contribution >= 0.6 is 22.3 Å². The van der Waals surface area contributed by atoms with E-state index in [-0.39, 0.29) is 10.5 Å². The minimum absolute atomic E-state index is 0.100. The predicted octanol–water partition coefficient (Wildman–Crippen LogP) is 1.80. The molecule has 0 unspecified atom stereocenters. The average molecular weight is 308 g/mol. The Balaban J connectivity index is 0.000000269. The maximum atomic E-state index is 10.8. The third-order valence-electron chi connectivity index (χ3n) is 1.67. The first-order valence-corrected chi connectivity index (χ1v) is 7.13. The van der Waals surface area contributed by atoms with Crippen molar-refractivity contribution >= 4 is 36.6 Å². The van der Waals surface area contributed by atoms with Crippen LogP contribution in [0.4, 0.5) is 0 Å². The molecule has 0 aliphatic heterocycles. The standard InChI is InChI=1S/C7H4Cl2O3S.C2H3N3/c8-7(10)5-2-1-3-6(4-5)13(9,11)12;1-3-2-5-4-1/h1-4H;1-2H,(H,3,4,5). The van der Waals surface area contributed by atoms with Crippen molar-refractivity contribution in [2.24, 2.45) is 0 Å². The lowest BCUT2D eigenvalue weighted by Gasteiger charge is -1.97. The van der Waals surface area contributed by atoms with Crippen LogP contribution in [0.2, 0.25) is 0 Å². The summed E-state index contributed by atoms with van der Waals surface area (Å²) in [5, 5.41) is 5.27. The van der Waals surface area contributed by atoms with Gasteiger partial charge in [-0.3, -0.25) is 9.89 Å². The molecule has 1 N–H and O–H groups in total. The van der Waals surface area contributed by atoms with Gasteiger partial charge in [0.2, 0.25) is 0 Å². The van der Waals surface area contributed by atoms with Crippen molar-refractivity contribution in [1.29, 1.82) is 0 Å². The van der Waals surface area contributed by atoms with Crippen LogP contribution in [0.15, 0.2) is 41.8 Å². The van der Waals surface area contributed by atoms with Gasteiger partial charge in [-0.15, -0.1) is 0 Å². The zero-order chi connectivity index (χ0) is 13.6.